The maximum atomic E-state index is 12.9. The highest BCUT2D eigenvalue weighted by atomic mass is 35.5. The lowest BCUT2D eigenvalue weighted by atomic mass is 9.95. The number of benzene rings is 1. The van der Waals surface area contributed by atoms with Gasteiger partial charge in [0.15, 0.2) is 0 Å². The number of esters is 1. The van der Waals surface area contributed by atoms with Gasteiger partial charge in [0.1, 0.15) is 0 Å². The number of nitrogens with one attached hydrogen (secondary N) is 2. The monoisotopic (exact) mass is 448 g/mol. The predicted molar refractivity (Wildman–Crippen MR) is 117 cm³/mol. The van der Waals surface area contributed by atoms with Crippen molar-refractivity contribution in [3.63, 3.8) is 0 Å². The molecule has 2 aliphatic heterocycles. The summed E-state index contributed by atoms with van der Waals surface area (Å²) in [5, 5.41) is 6.19. The Labute approximate surface area is 187 Å². The van der Waals surface area contributed by atoms with E-state index in [4.69, 9.17) is 16.3 Å². The Bertz CT molecular complexity index is 861. The van der Waals surface area contributed by atoms with Crippen LogP contribution in [0.3, 0.4) is 0 Å². The van der Waals surface area contributed by atoms with E-state index in [1.54, 1.807) is 31.2 Å². The van der Waals surface area contributed by atoms with Gasteiger partial charge in [0, 0.05) is 49.4 Å². The number of carbonyl (C=O) groups excluding carboxylic acids is 3. The van der Waals surface area contributed by atoms with Gasteiger partial charge in [-0.15, -0.1) is 0 Å². The van der Waals surface area contributed by atoms with Crippen LogP contribution in [0.5, 0.6) is 0 Å². The average molecular weight is 449 g/mol. The van der Waals surface area contributed by atoms with Gasteiger partial charge in [-0.1, -0.05) is 37.6 Å². The summed E-state index contributed by atoms with van der Waals surface area (Å²) in [6.07, 6.45) is 0. The summed E-state index contributed by atoms with van der Waals surface area (Å²) in [6, 6.07) is 5.99. The molecule has 1 aromatic rings. The minimum Gasteiger partial charge on any atom is -0.463 e. The molecule has 3 rings (SSSR count). The van der Waals surface area contributed by atoms with Gasteiger partial charge in [0.25, 0.3) is 0 Å². The van der Waals surface area contributed by atoms with Crippen molar-refractivity contribution in [2.24, 2.45) is 5.92 Å². The minimum absolute atomic E-state index is 0.0338. The third-order valence-corrected chi connectivity index (χ3v) is 5.66. The maximum absolute atomic E-state index is 12.9. The van der Waals surface area contributed by atoms with Gasteiger partial charge in [0.2, 0.25) is 5.91 Å². The number of nitrogens with zero attached hydrogens (tertiary/aromatic N) is 2. The van der Waals surface area contributed by atoms with E-state index in [-0.39, 0.29) is 24.5 Å². The molecule has 0 bridgehead atoms. The molecule has 9 heteroatoms. The Hall–Kier alpha value is -2.58. The maximum Gasteiger partial charge on any atom is 0.338 e. The Morgan fingerprint density at radius 3 is 2.39 bits per heavy atom. The molecule has 1 saturated heterocycles. The summed E-state index contributed by atoms with van der Waals surface area (Å²) in [5.74, 6) is -0.365. The van der Waals surface area contributed by atoms with Gasteiger partial charge in [-0.25, -0.2) is 9.59 Å². The van der Waals surface area contributed by atoms with Crippen LogP contribution < -0.4 is 10.6 Å². The molecule has 2 aliphatic rings. The normalized spacial score (nSPS) is 19.8. The van der Waals surface area contributed by atoms with Crippen molar-refractivity contribution in [3.8, 4) is 0 Å². The lowest BCUT2D eigenvalue weighted by Crippen LogP contribution is -2.53. The lowest BCUT2D eigenvalue weighted by Gasteiger charge is -2.37. The van der Waals surface area contributed by atoms with Crippen molar-refractivity contribution in [1.29, 1.82) is 0 Å². The van der Waals surface area contributed by atoms with E-state index in [0.717, 1.165) is 5.56 Å². The first-order chi connectivity index (χ1) is 14.8. The molecule has 0 saturated carbocycles. The number of ether oxygens (including phenoxy) is 1. The molecule has 0 aromatic heterocycles. The third-order valence-electron chi connectivity index (χ3n) is 5.41. The van der Waals surface area contributed by atoms with E-state index in [2.05, 4.69) is 15.5 Å². The molecular weight excluding hydrogens is 420 g/mol. The van der Waals surface area contributed by atoms with E-state index in [9.17, 15) is 14.4 Å². The summed E-state index contributed by atoms with van der Waals surface area (Å²) in [5.41, 5.74) is 1.64. The van der Waals surface area contributed by atoms with Crippen molar-refractivity contribution >= 4 is 29.5 Å². The molecular formula is C22H29ClN4O4. The van der Waals surface area contributed by atoms with Gasteiger partial charge in [-0.3, -0.25) is 9.69 Å². The number of halogens is 1. The summed E-state index contributed by atoms with van der Waals surface area (Å²) < 4.78 is 5.30. The number of hydrogen-bond donors (Lipinski definition) is 2. The van der Waals surface area contributed by atoms with Gasteiger partial charge in [-0.05, 0) is 24.6 Å². The van der Waals surface area contributed by atoms with Crippen LogP contribution in [-0.4, -0.2) is 67.0 Å². The van der Waals surface area contributed by atoms with Gasteiger partial charge < -0.3 is 20.3 Å². The highest BCUT2D eigenvalue weighted by Crippen LogP contribution is 2.29. The first kappa shape index (κ1) is 23.1. The second kappa shape index (κ2) is 10.2. The Morgan fingerprint density at radius 2 is 1.81 bits per heavy atom. The van der Waals surface area contributed by atoms with Crippen molar-refractivity contribution < 1.29 is 19.1 Å². The zero-order chi connectivity index (χ0) is 22.5. The standard InChI is InChI=1S/C22H29ClN4O4/c1-4-31-21(29)18-17(13-26-9-11-27(12-10-26)20(28)14(2)3)24-22(30)25-19(18)15-5-7-16(23)8-6-15/h5-8,14,19H,4,9-13H2,1-3H3,(H2,24,25,30). The molecule has 1 atom stereocenters. The topological polar surface area (TPSA) is 91.0 Å². The molecule has 2 N–H and O–H groups in total. The molecule has 2 heterocycles. The first-order valence-corrected chi connectivity index (χ1v) is 10.9. The summed E-state index contributed by atoms with van der Waals surface area (Å²) >= 11 is 6.00. The fourth-order valence-corrected chi connectivity index (χ4v) is 3.94. The minimum atomic E-state index is -0.635. The number of carbonyl (C=O) groups is 3. The lowest BCUT2D eigenvalue weighted by molar-refractivity contribution is -0.139. The zero-order valence-electron chi connectivity index (χ0n) is 18.1. The molecule has 1 unspecified atom stereocenters. The van der Waals surface area contributed by atoms with Crippen LogP contribution >= 0.6 is 11.6 Å². The molecule has 3 amide bonds. The average Bonchev–Trinajstić information content (AvgIpc) is 2.74. The van der Waals surface area contributed by atoms with Crippen molar-refractivity contribution in [1.82, 2.24) is 20.4 Å². The highest BCUT2D eigenvalue weighted by molar-refractivity contribution is 6.30. The number of rotatable bonds is 6. The quantitative estimate of drug-likeness (QED) is 0.652. The van der Waals surface area contributed by atoms with Crippen LogP contribution in [0.15, 0.2) is 35.5 Å². The molecule has 8 nitrogen and oxygen atoms in total. The van der Waals surface area contributed by atoms with Crippen LogP contribution in [0.1, 0.15) is 32.4 Å². The van der Waals surface area contributed by atoms with Crippen molar-refractivity contribution in [3.05, 3.63) is 46.1 Å². The molecule has 0 aliphatic carbocycles. The molecule has 31 heavy (non-hydrogen) atoms. The number of piperazine rings is 1. The third kappa shape index (κ3) is 5.57. The zero-order valence-corrected chi connectivity index (χ0v) is 18.9. The van der Waals surface area contributed by atoms with Crippen LogP contribution in [0.25, 0.3) is 0 Å². The molecule has 0 spiro atoms. The van der Waals surface area contributed by atoms with Crippen LogP contribution in [0.4, 0.5) is 4.79 Å². The van der Waals surface area contributed by atoms with E-state index in [1.165, 1.54) is 0 Å². The van der Waals surface area contributed by atoms with Crippen LogP contribution in [0, 0.1) is 5.92 Å². The first-order valence-electron chi connectivity index (χ1n) is 10.5. The smallest absolute Gasteiger partial charge is 0.338 e. The predicted octanol–water partition coefficient (Wildman–Crippen LogP) is 2.31. The molecule has 1 aromatic carbocycles. The van der Waals surface area contributed by atoms with Crippen molar-refractivity contribution in [2.75, 3.05) is 39.3 Å². The number of hydrogen-bond acceptors (Lipinski definition) is 5. The molecule has 168 valence electrons. The van der Waals surface area contributed by atoms with Gasteiger partial charge in [-0.2, -0.15) is 0 Å². The fourth-order valence-electron chi connectivity index (χ4n) is 3.81. The van der Waals surface area contributed by atoms with E-state index in [0.29, 0.717) is 49.0 Å². The summed E-state index contributed by atoms with van der Waals surface area (Å²) in [6.45, 7) is 8.70. The van der Waals surface area contributed by atoms with E-state index in [1.807, 2.05) is 18.7 Å². The second-order valence-corrected chi connectivity index (χ2v) is 8.39. The largest absolute Gasteiger partial charge is 0.463 e. The van der Waals surface area contributed by atoms with Crippen LogP contribution in [-0.2, 0) is 14.3 Å². The van der Waals surface area contributed by atoms with Crippen molar-refractivity contribution in [2.45, 2.75) is 26.8 Å². The summed E-state index contributed by atoms with van der Waals surface area (Å²) in [4.78, 5) is 41.5. The Balaban J connectivity index is 1.84. The summed E-state index contributed by atoms with van der Waals surface area (Å²) in [7, 11) is 0. The van der Waals surface area contributed by atoms with Gasteiger partial charge in [0.05, 0.1) is 18.2 Å². The Kier molecular flexibility index (Phi) is 7.56. The molecule has 0 radical (unpaired) electrons. The number of amides is 3. The number of urea groups is 1. The van der Waals surface area contributed by atoms with E-state index < -0.39 is 12.0 Å². The fraction of sp³-hybridized carbons (Fsp3) is 0.500. The highest BCUT2D eigenvalue weighted by Gasteiger charge is 2.35. The SMILES string of the molecule is CCOC(=O)C1=C(CN2CCN(C(=O)C(C)C)CC2)NC(=O)NC1c1ccc(Cl)cc1. The second-order valence-electron chi connectivity index (χ2n) is 7.95. The van der Waals surface area contributed by atoms with Crippen LogP contribution in [0.2, 0.25) is 5.02 Å². The van der Waals surface area contributed by atoms with E-state index >= 15 is 0 Å². The van der Waals surface area contributed by atoms with Gasteiger partial charge >= 0.3 is 12.0 Å². The molecule has 1 fully saturated rings. The Morgan fingerprint density at radius 1 is 1.16 bits per heavy atom.